The molecule has 3 heteroatoms. The lowest BCUT2D eigenvalue weighted by atomic mass is 9.98. The molecule has 0 spiro atoms. The molecule has 3 nitrogen and oxygen atoms in total. The van der Waals surface area contributed by atoms with Crippen LogP contribution in [0.25, 0.3) is 0 Å². The first-order valence-electron chi connectivity index (χ1n) is 6.43. The molecule has 0 saturated carbocycles. The summed E-state index contributed by atoms with van der Waals surface area (Å²) in [7, 11) is 0. The highest BCUT2D eigenvalue weighted by molar-refractivity contribution is 5.87. The van der Waals surface area contributed by atoms with Crippen LogP contribution in [-0.4, -0.2) is 35.5 Å². The van der Waals surface area contributed by atoms with Crippen molar-refractivity contribution in [3.8, 4) is 0 Å². The number of nitrogens with zero attached hydrogens (tertiary/aromatic N) is 1. The number of rotatable bonds is 4. The average Bonchev–Trinajstić information content (AvgIpc) is 2.64. The number of hydrogen-bond acceptors (Lipinski definition) is 2. The van der Waals surface area contributed by atoms with Crippen molar-refractivity contribution in [2.75, 3.05) is 6.54 Å². The van der Waals surface area contributed by atoms with Crippen molar-refractivity contribution in [3.63, 3.8) is 0 Å². The first-order valence-corrected chi connectivity index (χ1v) is 6.43. The zero-order valence-corrected chi connectivity index (χ0v) is 10.1. The Bertz CT molecular complexity index is 265. The highest BCUT2D eigenvalue weighted by atomic mass is 16.2. The maximum absolute atomic E-state index is 11.8. The van der Waals surface area contributed by atoms with Gasteiger partial charge in [0.05, 0.1) is 0 Å². The van der Waals surface area contributed by atoms with E-state index < -0.39 is 0 Å². The molecular formula is C13H22N2O. The summed E-state index contributed by atoms with van der Waals surface area (Å²) in [6, 6.07) is 1.71. The molecule has 1 N–H and O–H groups in total. The van der Waals surface area contributed by atoms with E-state index in [4.69, 9.17) is 0 Å². The summed E-state index contributed by atoms with van der Waals surface area (Å²) in [4.78, 5) is 13.8. The minimum Gasteiger partial charge on any atom is -0.336 e. The van der Waals surface area contributed by atoms with Crippen LogP contribution in [0.2, 0.25) is 0 Å². The lowest BCUT2D eigenvalue weighted by Gasteiger charge is -2.37. The standard InChI is InChI=1S/C13H22N2O/c1-3-7-15(13(16)4-2)12-8-10-5-6-11(9-12)14-10/h4,10-12,14H,2-3,5-9H2,1H3. The SMILES string of the molecule is C=CC(=O)N(CCC)C1CC2CCC(C1)N2. The Morgan fingerprint density at radius 2 is 2.06 bits per heavy atom. The summed E-state index contributed by atoms with van der Waals surface area (Å²) in [6.45, 7) is 6.60. The van der Waals surface area contributed by atoms with Gasteiger partial charge in [-0.1, -0.05) is 13.5 Å². The summed E-state index contributed by atoms with van der Waals surface area (Å²) < 4.78 is 0. The van der Waals surface area contributed by atoms with Crippen LogP contribution in [0.3, 0.4) is 0 Å². The Labute approximate surface area is 97.9 Å². The van der Waals surface area contributed by atoms with E-state index in [0.717, 1.165) is 25.8 Å². The lowest BCUT2D eigenvalue weighted by molar-refractivity contribution is -0.129. The zero-order chi connectivity index (χ0) is 11.5. The highest BCUT2D eigenvalue weighted by Crippen LogP contribution is 2.29. The smallest absolute Gasteiger partial charge is 0.246 e. The van der Waals surface area contributed by atoms with Gasteiger partial charge in [0.15, 0.2) is 0 Å². The van der Waals surface area contributed by atoms with E-state index in [2.05, 4.69) is 18.8 Å². The summed E-state index contributed by atoms with van der Waals surface area (Å²) >= 11 is 0. The molecule has 2 saturated heterocycles. The summed E-state index contributed by atoms with van der Waals surface area (Å²) in [5.74, 6) is 0.105. The fraction of sp³-hybridized carbons (Fsp3) is 0.769. The van der Waals surface area contributed by atoms with Gasteiger partial charge in [-0.25, -0.2) is 0 Å². The Hall–Kier alpha value is -0.830. The molecule has 2 aliphatic rings. The third kappa shape index (κ3) is 2.29. The minimum absolute atomic E-state index is 0.105. The Morgan fingerprint density at radius 1 is 1.44 bits per heavy atom. The van der Waals surface area contributed by atoms with Crippen LogP contribution < -0.4 is 5.32 Å². The third-order valence-corrected chi connectivity index (χ3v) is 3.81. The van der Waals surface area contributed by atoms with E-state index in [-0.39, 0.29) is 5.91 Å². The van der Waals surface area contributed by atoms with Gasteiger partial charge in [-0.05, 0) is 38.2 Å². The lowest BCUT2D eigenvalue weighted by Crippen LogP contribution is -2.50. The van der Waals surface area contributed by atoms with Crippen molar-refractivity contribution < 1.29 is 4.79 Å². The van der Waals surface area contributed by atoms with Crippen LogP contribution in [0.1, 0.15) is 39.0 Å². The molecule has 2 rings (SSSR count). The van der Waals surface area contributed by atoms with Crippen molar-refractivity contribution in [3.05, 3.63) is 12.7 Å². The van der Waals surface area contributed by atoms with Crippen molar-refractivity contribution in [2.24, 2.45) is 0 Å². The van der Waals surface area contributed by atoms with E-state index in [1.54, 1.807) is 0 Å². The molecule has 2 aliphatic heterocycles. The number of fused-ring (bicyclic) bond motifs is 2. The van der Waals surface area contributed by atoms with Crippen LogP contribution in [-0.2, 0) is 4.79 Å². The van der Waals surface area contributed by atoms with E-state index in [9.17, 15) is 4.79 Å². The molecule has 2 unspecified atom stereocenters. The molecule has 0 aromatic carbocycles. The summed E-state index contributed by atoms with van der Waals surface area (Å²) in [6.07, 6.45) is 7.29. The molecule has 0 aromatic heterocycles. The van der Waals surface area contributed by atoms with E-state index >= 15 is 0 Å². The summed E-state index contributed by atoms with van der Waals surface area (Å²) in [5.41, 5.74) is 0. The molecule has 2 atom stereocenters. The van der Waals surface area contributed by atoms with Gasteiger partial charge >= 0.3 is 0 Å². The maximum Gasteiger partial charge on any atom is 0.246 e. The molecule has 2 heterocycles. The first-order chi connectivity index (χ1) is 7.74. The van der Waals surface area contributed by atoms with Gasteiger partial charge in [0.25, 0.3) is 0 Å². The van der Waals surface area contributed by atoms with Crippen LogP contribution in [0.4, 0.5) is 0 Å². The van der Waals surface area contributed by atoms with Crippen molar-refractivity contribution >= 4 is 5.91 Å². The van der Waals surface area contributed by atoms with Crippen molar-refractivity contribution in [1.29, 1.82) is 0 Å². The van der Waals surface area contributed by atoms with Gasteiger partial charge in [0, 0.05) is 24.7 Å². The Kier molecular flexibility index (Phi) is 3.64. The average molecular weight is 222 g/mol. The predicted octanol–water partition coefficient (Wildman–Crippen LogP) is 1.69. The molecule has 0 radical (unpaired) electrons. The zero-order valence-electron chi connectivity index (χ0n) is 10.1. The number of hydrogen-bond donors (Lipinski definition) is 1. The van der Waals surface area contributed by atoms with Crippen molar-refractivity contribution in [2.45, 2.75) is 57.2 Å². The van der Waals surface area contributed by atoms with E-state index in [1.807, 2.05) is 4.90 Å². The molecular weight excluding hydrogens is 200 g/mol. The van der Waals surface area contributed by atoms with Gasteiger partial charge in [-0.2, -0.15) is 0 Å². The molecule has 90 valence electrons. The number of nitrogens with one attached hydrogen (secondary N) is 1. The molecule has 0 aromatic rings. The Balaban J connectivity index is 2.02. The monoisotopic (exact) mass is 222 g/mol. The van der Waals surface area contributed by atoms with Crippen molar-refractivity contribution in [1.82, 2.24) is 10.2 Å². The van der Waals surface area contributed by atoms with E-state index in [0.29, 0.717) is 18.1 Å². The fourth-order valence-corrected chi connectivity index (χ4v) is 3.11. The summed E-state index contributed by atoms with van der Waals surface area (Å²) in [5, 5.41) is 3.61. The minimum atomic E-state index is 0.105. The first kappa shape index (κ1) is 11.6. The highest BCUT2D eigenvalue weighted by Gasteiger charge is 2.36. The quantitative estimate of drug-likeness (QED) is 0.734. The second kappa shape index (κ2) is 5.00. The van der Waals surface area contributed by atoms with Gasteiger partial charge < -0.3 is 10.2 Å². The number of piperidine rings is 1. The number of carbonyl (C=O) groups is 1. The van der Waals surface area contributed by atoms with Crippen LogP contribution in [0.5, 0.6) is 0 Å². The van der Waals surface area contributed by atoms with Crippen LogP contribution in [0, 0.1) is 0 Å². The Morgan fingerprint density at radius 3 is 2.56 bits per heavy atom. The molecule has 2 fully saturated rings. The third-order valence-electron chi connectivity index (χ3n) is 3.81. The fourth-order valence-electron chi connectivity index (χ4n) is 3.11. The largest absolute Gasteiger partial charge is 0.336 e. The van der Waals surface area contributed by atoms with Gasteiger partial charge in [0.2, 0.25) is 5.91 Å². The molecule has 1 amide bonds. The van der Waals surface area contributed by atoms with Gasteiger partial charge in [-0.3, -0.25) is 4.79 Å². The van der Waals surface area contributed by atoms with Gasteiger partial charge in [0.1, 0.15) is 0 Å². The number of carbonyl (C=O) groups excluding carboxylic acids is 1. The van der Waals surface area contributed by atoms with Crippen LogP contribution in [0.15, 0.2) is 12.7 Å². The van der Waals surface area contributed by atoms with Gasteiger partial charge in [-0.15, -0.1) is 0 Å². The maximum atomic E-state index is 11.8. The molecule has 0 aliphatic carbocycles. The molecule has 16 heavy (non-hydrogen) atoms. The molecule has 2 bridgehead atoms. The topological polar surface area (TPSA) is 32.3 Å². The second-order valence-electron chi connectivity index (χ2n) is 5.00. The second-order valence-corrected chi connectivity index (χ2v) is 5.00. The van der Waals surface area contributed by atoms with E-state index in [1.165, 1.54) is 18.9 Å². The number of amides is 1. The normalized spacial score (nSPS) is 32.4. The predicted molar refractivity (Wildman–Crippen MR) is 65.2 cm³/mol. The van der Waals surface area contributed by atoms with Crippen LogP contribution >= 0.6 is 0 Å².